The van der Waals surface area contributed by atoms with Gasteiger partial charge < -0.3 is 8.80 Å². The number of para-hydroxylation sites is 3. The Morgan fingerprint density at radius 1 is 0.412 bits per heavy atom. The van der Waals surface area contributed by atoms with E-state index in [9.17, 15) is 0 Å². The van der Waals surface area contributed by atoms with Crippen LogP contribution in [0.4, 0.5) is 0 Å². The van der Waals surface area contributed by atoms with Gasteiger partial charge in [-0.15, -0.1) is 0 Å². The second kappa shape index (κ2) is 5.67. The molecule has 0 unspecified atom stereocenters. The molecule has 2 nitrogen and oxygen atoms in total. The highest BCUT2D eigenvalue weighted by molar-refractivity contribution is 6.32. The van der Waals surface area contributed by atoms with Crippen LogP contribution in [-0.4, -0.2) is 8.80 Å². The second-order valence-electron chi connectivity index (χ2n) is 9.39. The van der Waals surface area contributed by atoms with Gasteiger partial charge in [0.25, 0.3) is 0 Å². The van der Waals surface area contributed by atoms with Crippen molar-refractivity contribution in [3.63, 3.8) is 0 Å². The SMILES string of the molecule is c1ccc(-c2cn3c4c2cccc4c2ccc4c(c5cccc6c7ccccc7n4c65)c23)cc1. The zero-order valence-corrected chi connectivity index (χ0v) is 18.3. The van der Waals surface area contributed by atoms with Gasteiger partial charge in [0.2, 0.25) is 0 Å². The van der Waals surface area contributed by atoms with Crippen molar-refractivity contribution in [2.45, 2.75) is 0 Å². The van der Waals surface area contributed by atoms with Crippen LogP contribution in [0.5, 0.6) is 0 Å². The Bertz CT molecular complexity index is 2210. The van der Waals surface area contributed by atoms with Crippen molar-refractivity contribution in [3.8, 4) is 11.1 Å². The number of hydrogen-bond donors (Lipinski definition) is 0. The van der Waals surface area contributed by atoms with Gasteiger partial charge in [-0.1, -0.05) is 91.0 Å². The lowest BCUT2D eigenvalue weighted by Gasteiger charge is -2.02. The van der Waals surface area contributed by atoms with Crippen LogP contribution in [0.15, 0.2) is 109 Å². The van der Waals surface area contributed by atoms with Crippen molar-refractivity contribution in [3.05, 3.63) is 109 Å². The zero-order valence-electron chi connectivity index (χ0n) is 18.3. The quantitative estimate of drug-likeness (QED) is 0.247. The highest BCUT2D eigenvalue weighted by atomic mass is 14.9. The molecule has 0 atom stereocenters. The number of benzene rings is 5. The van der Waals surface area contributed by atoms with E-state index in [4.69, 9.17) is 0 Å². The van der Waals surface area contributed by atoms with Gasteiger partial charge in [-0.25, -0.2) is 0 Å². The Labute approximate surface area is 194 Å². The molecule has 0 N–H and O–H groups in total. The maximum absolute atomic E-state index is 2.47. The summed E-state index contributed by atoms with van der Waals surface area (Å²) in [5.74, 6) is 0. The lowest BCUT2D eigenvalue weighted by Crippen LogP contribution is -1.82. The van der Waals surface area contributed by atoms with Crippen LogP contribution < -0.4 is 0 Å². The average molecular weight is 431 g/mol. The topological polar surface area (TPSA) is 8.82 Å². The van der Waals surface area contributed by atoms with E-state index in [1.807, 2.05) is 0 Å². The van der Waals surface area contributed by atoms with E-state index in [0.717, 1.165) is 0 Å². The van der Waals surface area contributed by atoms with E-state index >= 15 is 0 Å². The Kier molecular flexibility index (Phi) is 2.83. The molecule has 0 spiro atoms. The van der Waals surface area contributed by atoms with Crippen LogP contribution in [0.3, 0.4) is 0 Å². The fourth-order valence-electron chi connectivity index (χ4n) is 6.50. The van der Waals surface area contributed by atoms with Crippen LogP contribution in [0, 0.1) is 0 Å². The Morgan fingerprint density at radius 3 is 1.97 bits per heavy atom. The molecule has 0 bridgehead atoms. The molecule has 0 aliphatic rings. The molecule has 0 saturated heterocycles. The fraction of sp³-hybridized carbons (Fsp3) is 0. The van der Waals surface area contributed by atoms with Crippen molar-refractivity contribution in [1.82, 2.24) is 8.80 Å². The highest BCUT2D eigenvalue weighted by Crippen LogP contribution is 2.45. The lowest BCUT2D eigenvalue weighted by atomic mass is 10.0. The number of aromatic nitrogens is 2. The molecule has 0 saturated carbocycles. The summed E-state index contributed by atoms with van der Waals surface area (Å²) >= 11 is 0. The summed E-state index contributed by atoms with van der Waals surface area (Å²) in [6, 6.07) is 37.7. The van der Waals surface area contributed by atoms with Gasteiger partial charge in [0.15, 0.2) is 0 Å². The zero-order chi connectivity index (χ0) is 22.0. The molecule has 4 aromatic heterocycles. The smallest absolute Gasteiger partial charge is 0.0635 e. The van der Waals surface area contributed by atoms with Gasteiger partial charge in [-0.05, 0) is 17.7 Å². The number of rotatable bonds is 1. The summed E-state index contributed by atoms with van der Waals surface area (Å²) in [7, 11) is 0. The fourth-order valence-corrected chi connectivity index (χ4v) is 6.50. The van der Waals surface area contributed by atoms with Gasteiger partial charge in [0.05, 0.1) is 27.6 Å². The first-order valence-electron chi connectivity index (χ1n) is 11.8. The first kappa shape index (κ1) is 17.0. The summed E-state index contributed by atoms with van der Waals surface area (Å²) in [4.78, 5) is 0. The molecule has 0 radical (unpaired) electrons. The third-order valence-corrected chi connectivity index (χ3v) is 7.80. The molecule has 0 amide bonds. The maximum Gasteiger partial charge on any atom is 0.0635 e. The molecule has 9 rings (SSSR count). The largest absolute Gasteiger partial charge is 0.314 e. The van der Waals surface area contributed by atoms with Crippen molar-refractivity contribution < 1.29 is 0 Å². The van der Waals surface area contributed by atoms with Crippen LogP contribution in [0.2, 0.25) is 0 Å². The maximum atomic E-state index is 2.47. The molecule has 156 valence electrons. The minimum Gasteiger partial charge on any atom is -0.314 e. The molecule has 0 aliphatic heterocycles. The third-order valence-electron chi connectivity index (χ3n) is 7.80. The van der Waals surface area contributed by atoms with Crippen LogP contribution >= 0.6 is 0 Å². The Balaban J connectivity index is 1.58. The standard InChI is InChI=1S/C32H18N2/c1-2-8-19(9-3-1)26-18-33-30-22(12-6-13-23(26)30)24-16-17-28-29(32(24)33)25-14-7-11-21-20-10-4-5-15-27(20)34(28)31(21)25/h1-18H. The summed E-state index contributed by atoms with van der Waals surface area (Å²) in [5.41, 5.74) is 9.07. The normalized spacial score (nSPS) is 12.7. The number of hydrogen-bond acceptors (Lipinski definition) is 0. The molecule has 0 fully saturated rings. The molecule has 34 heavy (non-hydrogen) atoms. The van der Waals surface area contributed by atoms with E-state index in [2.05, 4.69) is 118 Å². The molecule has 2 heteroatoms. The highest BCUT2D eigenvalue weighted by Gasteiger charge is 2.23. The molecule has 5 aromatic carbocycles. The minimum atomic E-state index is 1.26. The van der Waals surface area contributed by atoms with E-state index < -0.39 is 0 Å². The summed E-state index contributed by atoms with van der Waals surface area (Å²) in [6.07, 6.45) is 2.35. The van der Waals surface area contributed by atoms with Crippen molar-refractivity contribution in [1.29, 1.82) is 0 Å². The molecular formula is C32H18N2. The second-order valence-corrected chi connectivity index (χ2v) is 9.39. The van der Waals surface area contributed by atoms with Gasteiger partial charge in [0, 0.05) is 49.5 Å². The Hall–Kier alpha value is -4.56. The predicted molar refractivity (Wildman–Crippen MR) is 144 cm³/mol. The van der Waals surface area contributed by atoms with Gasteiger partial charge in [-0.3, -0.25) is 0 Å². The van der Waals surface area contributed by atoms with Gasteiger partial charge >= 0.3 is 0 Å². The Morgan fingerprint density at radius 2 is 1.09 bits per heavy atom. The molecule has 4 heterocycles. The summed E-state index contributed by atoms with van der Waals surface area (Å²) in [5, 5.41) is 9.29. The predicted octanol–water partition coefficient (Wildman–Crippen LogP) is 8.50. The van der Waals surface area contributed by atoms with Gasteiger partial charge in [-0.2, -0.15) is 0 Å². The average Bonchev–Trinajstić information content (AvgIpc) is 3.62. The number of nitrogens with zero attached hydrogens (tertiary/aromatic N) is 2. The van der Waals surface area contributed by atoms with E-state index in [-0.39, 0.29) is 0 Å². The van der Waals surface area contributed by atoms with Crippen molar-refractivity contribution in [2.24, 2.45) is 0 Å². The first-order valence-corrected chi connectivity index (χ1v) is 11.8. The number of fused-ring (bicyclic) bond motifs is 10. The molecule has 0 aliphatic carbocycles. The lowest BCUT2D eigenvalue weighted by molar-refractivity contribution is 1.31. The summed E-state index contributed by atoms with van der Waals surface area (Å²) < 4.78 is 4.92. The molecular weight excluding hydrogens is 412 g/mol. The first-order chi connectivity index (χ1) is 16.9. The van der Waals surface area contributed by atoms with Crippen molar-refractivity contribution >= 4 is 65.3 Å². The molecule has 9 aromatic rings. The minimum absolute atomic E-state index is 1.26. The summed E-state index contributed by atoms with van der Waals surface area (Å²) in [6.45, 7) is 0. The van der Waals surface area contributed by atoms with E-state index in [1.54, 1.807) is 0 Å². The van der Waals surface area contributed by atoms with Crippen molar-refractivity contribution in [2.75, 3.05) is 0 Å². The van der Waals surface area contributed by atoms with E-state index in [1.165, 1.54) is 76.4 Å². The van der Waals surface area contributed by atoms with Crippen LogP contribution in [0.1, 0.15) is 0 Å². The van der Waals surface area contributed by atoms with Crippen LogP contribution in [-0.2, 0) is 0 Å². The van der Waals surface area contributed by atoms with Gasteiger partial charge in [0.1, 0.15) is 0 Å². The van der Waals surface area contributed by atoms with Crippen LogP contribution in [0.25, 0.3) is 76.4 Å². The third kappa shape index (κ3) is 1.79. The van der Waals surface area contributed by atoms with E-state index in [0.29, 0.717) is 0 Å². The monoisotopic (exact) mass is 430 g/mol.